The second-order valence-corrected chi connectivity index (χ2v) is 6.62. The van der Waals surface area contributed by atoms with Gasteiger partial charge in [-0.25, -0.2) is 0 Å². The van der Waals surface area contributed by atoms with Crippen molar-refractivity contribution in [2.75, 3.05) is 19.8 Å². The number of hydrogen-bond donors (Lipinski definition) is 2. The highest BCUT2D eigenvalue weighted by molar-refractivity contribution is 5.81. The fourth-order valence-electron chi connectivity index (χ4n) is 3.33. The number of nitrogens with one attached hydrogen (secondary N) is 1. The van der Waals surface area contributed by atoms with Crippen LogP contribution < -0.4 is 5.32 Å². The summed E-state index contributed by atoms with van der Waals surface area (Å²) in [6.07, 6.45) is 5.61. The summed E-state index contributed by atoms with van der Waals surface area (Å²) in [5.74, 6) is 0.522. The molecule has 5 nitrogen and oxygen atoms in total. The van der Waals surface area contributed by atoms with Gasteiger partial charge in [-0.05, 0) is 50.4 Å². The van der Waals surface area contributed by atoms with Gasteiger partial charge in [0.15, 0.2) is 0 Å². The predicted octanol–water partition coefficient (Wildman–Crippen LogP) is 1.42. The number of hydrogen-bond acceptors (Lipinski definition) is 3. The maximum absolute atomic E-state index is 12.4. The summed E-state index contributed by atoms with van der Waals surface area (Å²) in [5.41, 5.74) is -0.828. The van der Waals surface area contributed by atoms with Crippen molar-refractivity contribution in [3.63, 3.8) is 0 Å². The van der Waals surface area contributed by atoms with Gasteiger partial charge >= 0.3 is 5.97 Å². The number of carbonyl (C=O) groups excluding carboxylic acids is 1. The number of aliphatic carboxylic acids is 1. The van der Waals surface area contributed by atoms with E-state index in [0.29, 0.717) is 37.9 Å². The lowest BCUT2D eigenvalue weighted by molar-refractivity contribution is -0.154. The lowest BCUT2D eigenvalue weighted by Gasteiger charge is -2.33. The quantitative estimate of drug-likeness (QED) is 0.772. The van der Waals surface area contributed by atoms with Crippen LogP contribution in [0.25, 0.3) is 0 Å². The van der Waals surface area contributed by atoms with Crippen LogP contribution >= 0.6 is 0 Å². The highest BCUT2D eigenvalue weighted by Crippen LogP contribution is 2.49. The van der Waals surface area contributed by atoms with Gasteiger partial charge in [-0.1, -0.05) is 0 Å². The Labute approximate surface area is 119 Å². The molecule has 3 fully saturated rings. The average Bonchev–Trinajstić information content (AvgIpc) is 3.32. The number of carboxylic acids is 1. The SMILES string of the molecule is O=C(NCC1(C(=O)O)CCOCC1)C(C1CC1)C1CC1. The van der Waals surface area contributed by atoms with Crippen molar-refractivity contribution in [3.8, 4) is 0 Å². The van der Waals surface area contributed by atoms with Crippen molar-refractivity contribution < 1.29 is 19.4 Å². The maximum atomic E-state index is 12.4. The summed E-state index contributed by atoms with van der Waals surface area (Å²) in [6.45, 7) is 1.19. The van der Waals surface area contributed by atoms with Crippen LogP contribution in [-0.4, -0.2) is 36.7 Å². The highest BCUT2D eigenvalue weighted by atomic mass is 16.5. The molecule has 0 aromatic rings. The fraction of sp³-hybridized carbons (Fsp3) is 0.867. The molecule has 1 saturated heterocycles. The van der Waals surface area contributed by atoms with Crippen molar-refractivity contribution >= 4 is 11.9 Å². The molecular formula is C15H23NO4. The summed E-state index contributed by atoms with van der Waals surface area (Å²) in [5, 5.41) is 12.4. The Morgan fingerprint density at radius 2 is 1.70 bits per heavy atom. The van der Waals surface area contributed by atoms with Crippen LogP contribution in [-0.2, 0) is 14.3 Å². The zero-order valence-corrected chi connectivity index (χ0v) is 11.8. The molecule has 0 radical (unpaired) electrons. The van der Waals surface area contributed by atoms with Gasteiger partial charge < -0.3 is 15.2 Å². The van der Waals surface area contributed by atoms with E-state index in [9.17, 15) is 14.7 Å². The lowest BCUT2D eigenvalue weighted by Crippen LogP contribution is -2.48. The highest BCUT2D eigenvalue weighted by Gasteiger charge is 2.47. The molecule has 112 valence electrons. The van der Waals surface area contributed by atoms with Crippen LogP contribution in [0.2, 0.25) is 0 Å². The van der Waals surface area contributed by atoms with E-state index in [1.807, 2.05) is 0 Å². The van der Waals surface area contributed by atoms with Gasteiger partial charge in [-0.15, -0.1) is 0 Å². The summed E-state index contributed by atoms with van der Waals surface area (Å²) in [7, 11) is 0. The Bertz CT molecular complexity index is 383. The number of amides is 1. The van der Waals surface area contributed by atoms with E-state index < -0.39 is 11.4 Å². The first-order valence-electron chi connectivity index (χ1n) is 7.71. The Kier molecular flexibility index (Phi) is 3.71. The van der Waals surface area contributed by atoms with Crippen LogP contribution in [0.1, 0.15) is 38.5 Å². The molecule has 1 heterocycles. The molecule has 0 bridgehead atoms. The molecule has 3 aliphatic rings. The van der Waals surface area contributed by atoms with Crippen molar-refractivity contribution in [1.29, 1.82) is 0 Å². The third-order valence-electron chi connectivity index (χ3n) is 5.07. The average molecular weight is 281 g/mol. The molecular weight excluding hydrogens is 258 g/mol. The molecule has 3 rings (SSSR count). The third-order valence-corrected chi connectivity index (χ3v) is 5.07. The molecule has 2 saturated carbocycles. The van der Waals surface area contributed by atoms with Gasteiger partial charge in [0.1, 0.15) is 0 Å². The molecule has 0 atom stereocenters. The number of rotatable bonds is 6. The van der Waals surface area contributed by atoms with Crippen LogP contribution in [0.15, 0.2) is 0 Å². The van der Waals surface area contributed by atoms with Gasteiger partial charge in [-0.3, -0.25) is 9.59 Å². The van der Waals surface area contributed by atoms with Crippen molar-refractivity contribution in [3.05, 3.63) is 0 Å². The largest absolute Gasteiger partial charge is 0.481 e. The van der Waals surface area contributed by atoms with Gasteiger partial charge in [-0.2, -0.15) is 0 Å². The molecule has 1 amide bonds. The summed E-state index contributed by atoms with van der Waals surface area (Å²) in [4.78, 5) is 23.9. The van der Waals surface area contributed by atoms with E-state index in [0.717, 1.165) is 25.7 Å². The second-order valence-electron chi connectivity index (χ2n) is 6.62. The van der Waals surface area contributed by atoms with E-state index in [-0.39, 0.29) is 18.4 Å². The zero-order chi connectivity index (χ0) is 14.2. The number of carbonyl (C=O) groups is 2. The minimum absolute atomic E-state index is 0.0853. The molecule has 0 spiro atoms. The minimum Gasteiger partial charge on any atom is -0.481 e. The summed E-state index contributed by atoms with van der Waals surface area (Å²) < 4.78 is 5.25. The minimum atomic E-state index is -0.828. The first-order chi connectivity index (χ1) is 9.62. The fourth-order valence-corrected chi connectivity index (χ4v) is 3.33. The van der Waals surface area contributed by atoms with Crippen LogP contribution in [0, 0.1) is 23.2 Å². The van der Waals surface area contributed by atoms with Crippen molar-refractivity contribution in [2.24, 2.45) is 23.2 Å². The van der Waals surface area contributed by atoms with E-state index in [2.05, 4.69) is 5.32 Å². The van der Waals surface area contributed by atoms with E-state index in [1.165, 1.54) is 0 Å². The van der Waals surface area contributed by atoms with E-state index in [4.69, 9.17) is 4.74 Å². The topological polar surface area (TPSA) is 75.6 Å². The third kappa shape index (κ3) is 2.82. The van der Waals surface area contributed by atoms with Gasteiger partial charge in [0.2, 0.25) is 5.91 Å². The van der Waals surface area contributed by atoms with E-state index in [1.54, 1.807) is 0 Å². The van der Waals surface area contributed by atoms with Gasteiger partial charge in [0.25, 0.3) is 0 Å². The molecule has 0 aromatic heterocycles. The molecule has 0 aromatic carbocycles. The molecule has 2 aliphatic carbocycles. The monoisotopic (exact) mass is 281 g/mol. The van der Waals surface area contributed by atoms with Crippen molar-refractivity contribution in [2.45, 2.75) is 38.5 Å². The standard InChI is InChI=1S/C15H23NO4/c17-13(12(10-1-2-10)11-3-4-11)16-9-15(14(18)19)5-7-20-8-6-15/h10-12H,1-9H2,(H,16,17)(H,18,19). The maximum Gasteiger partial charge on any atom is 0.311 e. The van der Waals surface area contributed by atoms with Crippen LogP contribution in [0.4, 0.5) is 0 Å². The smallest absolute Gasteiger partial charge is 0.311 e. The summed E-state index contributed by atoms with van der Waals surface area (Å²) >= 11 is 0. The Balaban J connectivity index is 1.58. The Hall–Kier alpha value is -1.10. The summed E-state index contributed by atoms with van der Waals surface area (Å²) in [6, 6.07) is 0. The molecule has 5 heteroatoms. The van der Waals surface area contributed by atoms with E-state index >= 15 is 0 Å². The molecule has 20 heavy (non-hydrogen) atoms. The Morgan fingerprint density at radius 1 is 1.15 bits per heavy atom. The second kappa shape index (κ2) is 5.35. The molecule has 1 aliphatic heterocycles. The first-order valence-corrected chi connectivity index (χ1v) is 7.71. The van der Waals surface area contributed by atoms with Crippen LogP contribution in [0.5, 0.6) is 0 Å². The Morgan fingerprint density at radius 3 is 2.15 bits per heavy atom. The molecule has 2 N–H and O–H groups in total. The predicted molar refractivity (Wildman–Crippen MR) is 72.1 cm³/mol. The number of carboxylic acid groups (broad SMARTS) is 1. The van der Waals surface area contributed by atoms with Crippen LogP contribution in [0.3, 0.4) is 0 Å². The first kappa shape index (κ1) is 13.9. The molecule has 0 unspecified atom stereocenters. The van der Waals surface area contributed by atoms with Gasteiger partial charge in [0.05, 0.1) is 5.41 Å². The van der Waals surface area contributed by atoms with Crippen molar-refractivity contribution in [1.82, 2.24) is 5.32 Å². The normalized spacial score (nSPS) is 25.4. The lowest BCUT2D eigenvalue weighted by atomic mass is 9.80. The van der Waals surface area contributed by atoms with Gasteiger partial charge in [0, 0.05) is 25.7 Å². The number of ether oxygens (including phenoxy) is 1. The zero-order valence-electron chi connectivity index (χ0n) is 11.8.